The predicted molar refractivity (Wildman–Crippen MR) is 102 cm³/mol. The van der Waals surface area contributed by atoms with E-state index in [0.29, 0.717) is 41.9 Å². The summed E-state index contributed by atoms with van der Waals surface area (Å²) < 4.78 is 8.04. The predicted octanol–water partition coefficient (Wildman–Crippen LogP) is 3.35. The van der Waals surface area contributed by atoms with E-state index in [0.717, 1.165) is 5.56 Å². The lowest BCUT2D eigenvalue weighted by molar-refractivity contribution is 0.125. The molecule has 132 valence electrons. The summed E-state index contributed by atoms with van der Waals surface area (Å²) in [5.41, 5.74) is 0.962. The Kier molecular flexibility index (Phi) is 5.62. The maximum absolute atomic E-state index is 12.7. The topological polar surface area (TPSA) is 71.8 Å². The molecule has 0 radical (unpaired) electrons. The fourth-order valence-electron chi connectivity index (χ4n) is 2.98. The molecule has 0 spiro atoms. The van der Waals surface area contributed by atoms with Crippen molar-refractivity contribution in [2.45, 2.75) is 25.5 Å². The molecule has 1 amide bonds. The third-order valence-corrected chi connectivity index (χ3v) is 5.38. The normalized spacial score (nSPS) is 15.2. The van der Waals surface area contributed by atoms with Crippen LogP contribution in [-0.2, 0) is 6.61 Å². The standard InChI is InChI=1S/C18H19IN2O4/c19-16-15(25-12-13-4-2-1-3-5-13)8-11-21(17(16)22)14-6-9-20(10-7-14)18(23)24/h1-5,8,11,14H,6-7,9-10,12H2,(H,23,24). The van der Waals surface area contributed by atoms with E-state index in [4.69, 9.17) is 9.84 Å². The molecule has 1 saturated heterocycles. The molecular formula is C18H19IN2O4. The van der Waals surface area contributed by atoms with E-state index in [2.05, 4.69) is 0 Å². The highest BCUT2D eigenvalue weighted by molar-refractivity contribution is 14.1. The zero-order valence-corrected chi connectivity index (χ0v) is 15.8. The molecule has 1 N–H and O–H groups in total. The van der Waals surface area contributed by atoms with Gasteiger partial charge in [0, 0.05) is 25.3 Å². The van der Waals surface area contributed by atoms with Gasteiger partial charge >= 0.3 is 6.09 Å². The van der Waals surface area contributed by atoms with Gasteiger partial charge in [0.2, 0.25) is 0 Å². The second-order valence-electron chi connectivity index (χ2n) is 5.98. The first-order valence-electron chi connectivity index (χ1n) is 8.11. The van der Waals surface area contributed by atoms with Crippen LogP contribution in [0.3, 0.4) is 0 Å². The van der Waals surface area contributed by atoms with Gasteiger partial charge in [0.15, 0.2) is 0 Å². The van der Waals surface area contributed by atoms with E-state index in [1.807, 2.05) is 59.0 Å². The maximum atomic E-state index is 12.7. The fraction of sp³-hybridized carbons (Fsp3) is 0.333. The number of ether oxygens (including phenoxy) is 1. The van der Waals surface area contributed by atoms with Crippen LogP contribution in [0.25, 0.3) is 0 Å². The molecule has 3 rings (SSSR count). The van der Waals surface area contributed by atoms with Crippen LogP contribution >= 0.6 is 22.6 Å². The molecule has 1 aromatic carbocycles. The highest BCUT2D eigenvalue weighted by atomic mass is 127. The van der Waals surface area contributed by atoms with Crippen molar-refractivity contribution in [2.24, 2.45) is 0 Å². The van der Waals surface area contributed by atoms with E-state index >= 15 is 0 Å². The number of amides is 1. The highest BCUT2D eigenvalue weighted by Gasteiger charge is 2.24. The Balaban J connectivity index is 1.70. The first-order valence-corrected chi connectivity index (χ1v) is 9.19. The van der Waals surface area contributed by atoms with Crippen LogP contribution in [0.5, 0.6) is 5.75 Å². The molecule has 2 heterocycles. The number of nitrogens with zero attached hydrogens (tertiary/aromatic N) is 2. The van der Waals surface area contributed by atoms with Crippen LogP contribution in [0.1, 0.15) is 24.4 Å². The van der Waals surface area contributed by atoms with Crippen molar-refractivity contribution >= 4 is 28.7 Å². The first-order chi connectivity index (χ1) is 12.1. The van der Waals surface area contributed by atoms with E-state index in [1.165, 1.54) is 4.90 Å². The largest absolute Gasteiger partial charge is 0.488 e. The maximum Gasteiger partial charge on any atom is 0.407 e. The summed E-state index contributed by atoms with van der Waals surface area (Å²) in [5.74, 6) is 0.577. The van der Waals surface area contributed by atoms with Crippen molar-refractivity contribution in [3.05, 3.63) is 62.1 Å². The molecule has 0 unspecified atom stereocenters. The second kappa shape index (κ2) is 7.90. The number of aromatic nitrogens is 1. The Morgan fingerprint density at radius 1 is 1.20 bits per heavy atom. The zero-order chi connectivity index (χ0) is 17.8. The summed E-state index contributed by atoms with van der Waals surface area (Å²) in [7, 11) is 0. The molecule has 0 atom stereocenters. The summed E-state index contributed by atoms with van der Waals surface area (Å²) in [4.78, 5) is 25.0. The Morgan fingerprint density at radius 2 is 1.88 bits per heavy atom. The van der Waals surface area contributed by atoms with Gasteiger partial charge < -0.3 is 19.3 Å². The first kappa shape index (κ1) is 17.8. The number of pyridine rings is 1. The molecule has 0 aliphatic carbocycles. The van der Waals surface area contributed by atoms with Crippen LogP contribution in [0, 0.1) is 3.57 Å². The fourth-order valence-corrected chi connectivity index (χ4v) is 3.59. The molecule has 1 aromatic heterocycles. The van der Waals surface area contributed by atoms with Crippen molar-refractivity contribution in [1.29, 1.82) is 0 Å². The van der Waals surface area contributed by atoms with Crippen molar-refractivity contribution < 1.29 is 14.6 Å². The number of carbonyl (C=O) groups is 1. The molecule has 7 heteroatoms. The third kappa shape index (κ3) is 4.15. The molecule has 1 fully saturated rings. The van der Waals surface area contributed by atoms with Crippen molar-refractivity contribution in [1.82, 2.24) is 9.47 Å². The van der Waals surface area contributed by atoms with Gasteiger partial charge in [-0.2, -0.15) is 0 Å². The third-order valence-electron chi connectivity index (χ3n) is 4.39. The number of benzene rings is 1. The van der Waals surface area contributed by atoms with E-state index in [9.17, 15) is 9.59 Å². The molecule has 1 aliphatic rings. The average Bonchev–Trinajstić information content (AvgIpc) is 2.64. The highest BCUT2D eigenvalue weighted by Crippen LogP contribution is 2.24. The van der Waals surface area contributed by atoms with Gasteiger partial charge in [0.25, 0.3) is 5.56 Å². The Hall–Kier alpha value is -2.03. The van der Waals surface area contributed by atoms with Crippen molar-refractivity contribution in [3.8, 4) is 5.75 Å². The summed E-state index contributed by atoms with van der Waals surface area (Å²) in [6.07, 6.45) is 2.15. The molecule has 0 bridgehead atoms. The summed E-state index contributed by atoms with van der Waals surface area (Å²) in [6, 6.07) is 11.6. The van der Waals surface area contributed by atoms with Crippen LogP contribution in [0.4, 0.5) is 4.79 Å². The molecule has 6 nitrogen and oxygen atoms in total. The zero-order valence-electron chi connectivity index (χ0n) is 13.6. The van der Waals surface area contributed by atoms with Gasteiger partial charge in [-0.15, -0.1) is 0 Å². The summed E-state index contributed by atoms with van der Waals surface area (Å²) in [6.45, 7) is 1.32. The number of halogens is 1. The number of rotatable bonds is 4. The minimum atomic E-state index is -0.898. The average molecular weight is 454 g/mol. The minimum Gasteiger partial charge on any atom is -0.488 e. The number of likely N-dealkylation sites (tertiary alicyclic amines) is 1. The van der Waals surface area contributed by atoms with Crippen molar-refractivity contribution in [3.63, 3.8) is 0 Å². The van der Waals surface area contributed by atoms with Gasteiger partial charge in [0.1, 0.15) is 15.9 Å². The Morgan fingerprint density at radius 3 is 2.52 bits per heavy atom. The van der Waals surface area contributed by atoms with Crippen LogP contribution in [0.2, 0.25) is 0 Å². The lowest BCUT2D eigenvalue weighted by atomic mass is 10.1. The number of hydrogen-bond acceptors (Lipinski definition) is 3. The van der Waals surface area contributed by atoms with Gasteiger partial charge in [0.05, 0.1) is 0 Å². The lowest BCUT2D eigenvalue weighted by Gasteiger charge is -2.31. The number of hydrogen-bond donors (Lipinski definition) is 1. The Bertz CT molecular complexity index is 798. The number of piperidine rings is 1. The SMILES string of the molecule is O=C(O)N1CCC(n2ccc(OCc3ccccc3)c(I)c2=O)CC1. The molecule has 0 saturated carbocycles. The van der Waals surface area contributed by atoms with E-state index < -0.39 is 6.09 Å². The van der Waals surface area contributed by atoms with E-state index in [-0.39, 0.29) is 11.6 Å². The van der Waals surface area contributed by atoms with Gasteiger partial charge in [-0.05, 0) is 47.1 Å². The molecule has 25 heavy (non-hydrogen) atoms. The summed E-state index contributed by atoms with van der Waals surface area (Å²) in [5, 5.41) is 9.02. The summed E-state index contributed by atoms with van der Waals surface area (Å²) >= 11 is 2.02. The lowest BCUT2D eigenvalue weighted by Crippen LogP contribution is -2.40. The van der Waals surface area contributed by atoms with Gasteiger partial charge in [-0.25, -0.2) is 4.79 Å². The Labute approximate surface area is 159 Å². The van der Waals surface area contributed by atoms with Crippen molar-refractivity contribution in [2.75, 3.05) is 13.1 Å². The molecule has 1 aliphatic heterocycles. The quantitative estimate of drug-likeness (QED) is 0.720. The van der Waals surface area contributed by atoms with Gasteiger partial charge in [-0.1, -0.05) is 30.3 Å². The van der Waals surface area contributed by atoms with E-state index in [1.54, 1.807) is 10.8 Å². The van der Waals surface area contributed by atoms with Crippen LogP contribution < -0.4 is 10.3 Å². The number of carboxylic acid groups (broad SMARTS) is 1. The minimum absolute atomic E-state index is 0.0276. The smallest absolute Gasteiger partial charge is 0.407 e. The molecular weight excluding hydrogens is 435 g/mol. The molecule has 2 aromatic rings. The van der Waals surface area contributed by atoms with Gasteiger partial charge in [-0.3, -0.25) is 4.79 Å². The monoisotopic (exact) mass is 454 g/mol. The van der Waals surface area contributed by atoms with Crippen LogP contribution in [0.15, 0.2) is 47.4 Å². The van der Waals surface area contributed by atoms with Crippen LogP contribution in [-0.4, -0.2) is 33.8 Å². The second-order valence-corrected chi connectivity index (χ2v) is 7.06.